The van der Waals surface area contributed by atoms with Crippen LogP contribution in [0, 0.1) is 5.82 Å². The molecule has 4 heteroatoms. The van der Waals surface area contributed by atoms with Gasteiger partial charge in [-0.1, -0.05) is 17.7 Å². The second-order valence-electron chi connectivity index (χ2n) is 4.33. The third kappa shape index (κ3) is 2.94. The van der Waals surface area contributed by atoms with E-state index < -0.39 is 0 Å². The maximum absolute atomic E-state index is 13.0. The molecule has 1 aromatic carbocycles. The molecule has 2 nitrogen and oxygen atoms in total. The smallest absolute Gasteiger partial charge is 0.141 e. The first-order valence-electron chi connectivity index (χ1n) is 5.50. The minimum Gasteiger partial charge on any atom is -0.304 e. The predicted molar refractivity (Wildman–Crippen MR) is 64.2 cm³/mol. The van der Waals surface area contributed by atoms with Crippen LogP contribution in [0.25, 0.3) is 0 Å². The van der Waals surface area contributed by atoms with Gasteiger partial charge in [-0.3, -0.25) is 4.90 Å². The van der Waals surface area contributed by atoms with Crippen LogP contribution in [-0.4, -0.2) is 43.0 Å². The first-order chi connectivity index (χ1) is 7.65. The molecule has 1 aromatic rings. The average Bonchev–Trinajstić information content (AvgIpc) is 2.27. The zero-order chi connectivity index (χ0) is 11.5. The standard InChI is InChI=1S/C12H16ClFN2/c1-15-4-6-16(7-5-15)9-10-2-3-12(14)11(13)8-10/h2-3,8H,4-7,9H2,1H3. The van der Waals surface area contributed by atoms with E-state index in [0.29, 0.717) is 0 Å². The van der Waals surface area contributed by atoms with Crippen molar-refractivity contribution in [3.63, 3.8) is 0 Å². The van der Waals surface area contributed by atoms with E-state index in [1.165, 1.54) is 6.07 Å². The highest BCUT2D eigenvalue weighted by molar-refractivity contribution is 6.30. The number of rotatable bonds is 2. The lowest BCUT2D eigenvalue weighted by Crippen LogP contribution is -2.43. The van der Waals surface area contributed by atoms with Crippen LogP contribution in [-0.2, 0) is 6.54 Å². The second kappa shape index (κ2) is 5.13. The van der Waals surface area contributed by atoms with Gasteiger partial charge in [0, 0.05) is 32.7 Å². The van der Waals surface area contributed by atoms with Gasteiger partial charge in [-0.15, -0.1) is 0 Å². The number of benzene rings is 1. The monoisotopic (exact) mass is 242 g/mol. The average molecular weight is 243 g/mol. The quantitative estimate of drug-likeness (QED) is 0.785. The maximum atomic E-state index is 13.0. The molecule has 0 bridgehead atoms. The van der Waals surface area contributed by atoms with Crippen molar-refractivity contribution in [1.82, 2.24) is 9.80 Å². The summed E-state index contributed by atoms with van der Waals surface area (Å²) >= 11 is 5.75. The molecule has 0 aliphatic carbocycles. The normalized spacial score (nSPS) is 18.9. The van der Waals surface area contributed by atoms with E-state index >= 15 is 0 Å². The Kier molecular flexibility index (Phi) is 3.79. The fourth-order valence-electron chi connectivity index (χ4n) is 1.90. The lowest BCUT2D eigenvalue weighted by atomic mass is 10.2. The van der Waals surface area contributed by atoms with Gasteiger partial charge in [-0.05, 0) is 24.7 Å². The molecule has 0 amide bonds. The number of hydrogen-bond acceptors (Lipinski definition) is 2. The van der Waals surface area contributed by atoms with Crippen LogP contribution >= 0.6 is 11.6 Å². The van der Waals surface area contributed by atoms with Crippen molar-refractivity contribution in [1.29, 1.82) is 0 Å². The highest BCUT2D eigenvalue weighted by Gasteiger charge is 2.14. The molecular weight excluding hydrogens is 227 g/mol. The lowest BCUT2D eigenvalue weighted by molar-refractivity contribution is 0.148. The summed E-state index contributed by atoms with van der Waals surface area (Å²) < 4.78 is 13.0. The first-order valence-corrected chi connectivity index (χ1v) is 5.88. The fourth-order valence-corrected chi connectivity index (χ4v) is 2.11. The van der Waals surface area contributed by atoms with Crippen molar-refractivity contribution >= 4 is 11.6 Å². The van der Waals surface area contributed by atoms with Gasteiger partial charge < -0.3 is 4.90 Å². The van der Waals surface area contributed by atoms with Crippen LogP contribution in [0.5, 0.6) is 0 Å². The van der Waals surface area contributed by atoms with Crippen molar-refractivity contribution in [2.24, 2.45) is 0 Å². The molecule has 0 saturated carbocycles. The van der Waals surface area contributed by atoms with Crippen molar-refractivity contribution < 1.29 is 4.39 Å². The summed E-state index contributed by atoms with van der Waals surface area (Å²) in [5.41, 5.74) is 1.08. The molecular formula is C12H16ClFN2. The SMILES string of the molecule is CN1CCN(Cc2ccc(F)c(Cl)c2)CC1. The molecule has 1 aliphatic rings. The molecule has 1 heterocycles. The highest BCUT2D eigenvalue weighted by Crippen LogP contribution is 2.17. The third-order valence-corrected chi connectivity index (χ3v) is 3.28. The summed E-state index contributed by atoms with van der Waals surface area (Å²) in [6, 6.07) is 4.96. The Morgan fingerprint density at radius 3 is 2.56 bits per heavy atom. The van der Waals surface area contributed by atoms with Gasteiger partial charge in [0.15, 0.2) is 0 Å². The summed E-state index contributed by atoms with van der Waals surface area (Å²) in [5, 5.41) is 0.214. The third-order valence-electron chi connectivity index (χ3n) is 2.99. The Hall–Kier alpha value is -0.640. The molecule has 16 heavy (non-hydrogen) atoms. The van der Waals surface area contributed by atoms with Crippen LogP contribution in [0.2, 0.25) is 5.02 Å². The van der Waals surface area contributed by atoms with Crippen LogP contribution in [0.4, 0.5) is 4.39 Å². The summed E-state index contributed by atoms with van der Waals surface area (Å²) in [5.74, 6) is -0.344. The Balaban J connectivity index is 1.96. The highest BCUT2D eigenvalue weighted by atomic mass is 35.5. The van der Waals surface area contributed by atoms with E-state index in [1.807, 2.05) is 0 Å². The van der Waals surface area contributed by atoms with Gasteiger partial charge >= 0.3 is 0 Å². The van der Waals surface area contributed by atoms with Crippen LogP contribution in [0.1, 0.15) is 5.56 Å². The van der Waals surface area contributed by atoms with E-state index in [2.05, 4.69) is 16.8 Å². The van der Waals surface area contributed by atoms with Gasteiger partial charge in [0.1, 0.15) is 5.82 Å². The molecule has 1 fully saturated rings. The Morgan fingerprint density at radius 1 is 1.25 bits per heavy atom. The van der Waals surface area contributed by atoms with Crippen LogP contribution in [0.15, 0.2) is 18.2 Å². The molecule has 0 N–H and O–H groups in total. The largest absolute Gasteiger partial charge is 0.304 e. The Morgan fingerprint density at radius 2 is 1.94 bits per heavy atom. The summed E-state index contributed by atoms with van der Waals surface area (Å²) in [7, 11) is 2.13. The lowest BCUT2D eigenvalue weighted by Gasteiger charge is -2.32. The van der Waals surface area contributed by atoms with E-state index in [9.17, 15) is 4.39 Å². The van der Waals surface area contributed by atoms with Crippen molar-refractivity contribution in [3.8, 4) is 0 Å². The zero-order valence-corrected chi connectivity index (χ0v) is 10.2. The van der Waals surface area contributed by atoms with E-state index in [0.717, 1.165) is 38.3 Å². The van der Waals surface area contributed by atoms with E-state index in [-0.39, 0.29) is 10.8 Å². The Bertz CT molecular complexity index is 362. The van der Waals surface area contributed by atoms with Gasteiger partial charge in [0.05, 0.1) is 5.02 Å². The molecule has 1 saturated heterocycles. The second-order valence-corrected chi connectivity index (χ2v) is 4.74. The number of nitrogens with zero attached hydrogens (tertiary/aromatic N) is 2. The van der Waals surface area contributed by atoms with Crippen molar-refractivity contribution in [2.75, 3.05) is 33.2 Å². The topological polar surface area (TPSA) is 6.48 Å². The number of hydrogen-bond donors (Lipinski definition) is 0. The van der Waals surface area contributed by atoms with Crippen LogP contribution in [0.3, 0.4) is 0 Å². The maximum Gasteiger partial charge on any atom is 0.141 e. The minimum absolute atomic E-state index is 0.214. The molecule has 1 aliphatic heterocycles. The molecule has 0 radical (unpaired) electrons. The van der Waals surface area contributed by atoms with Crippen molar-refractivity contribution in [3.05, 3.63) is 34.6 Å². The fraction of sp³-hybridized carbons (Fsp3) is 0.500. The predicted octanol–water partition coefficient (Wildman–Crippen LogP) is 2.23. The zero-order valence-electron chi connectivity index (χ0n) is 9.42. The summed E-state index contributed by atoms with van der Waals surface area (Å²) in [6.45, 7) is 5.16. The van der Waals surface area contributed by atoms with E-state index in [4.69, 9.17) is 11.6 Å². The molecule has 0 unspecified atom stereocenters. The molecule has 88 valence electrons. The summed E-state index contributed by atoms with van der Waals surface area (Å²) in [6.07, 6.45) is 0. The molecule has 0 atom stereocenters. The molecule has 0 aromatic heterocycles. The van der Waals surface area contributed by atoms with Gasteiger partial charge in [-0.25, -0.2) is 4.39 Å². The van der Waals surface area contributed by atoms with E-state index in [1.54, 1.807) is 12.1 Å². The van der Waals surface area contributed by atoms with Gasteiger partial charge in [0.2, 0.25) is 0 Å². The number of piperazine rings is 1. The molecule has 0 spiro atoms. The summed E-state index contributed by atoms with van der Waals surface area (Å²) in [4.78, 5) is 4.68. The molecule has 2 rings (SSSR count). The Labute approximate surface area is 101 Å². The van der Waals surface area contributed by atoms with Crippen molar-refractivity contribution in [2.45, 2.75) is 6.54 Å². The minimum atomic E-state index is -0.344. The number of likely N-dealkylation sites (N-methyl/N-ethyl adjacent to an activating group) is 1. The number of halogens is 2. The van der Waals surface area contributed by atoms with Crippen LogP contribution < -0.4 is 0 Å². The van der Waals surface area contributed by atoms with Gasteiger partial charge in [-0.2, -0.15) is 0 Å². The van der Waals surface area contributed by atoms with Gasteiger partial charge in [0.25, 0.3) is 0 Å². The first kappa shape index (κ1) is 11.8.